The van der Waals surface area contributed by atoms with E-state index in [2.05, 4.69) is 60.6 Å². The fourth-order valence-corrected chi connectivity index (χ4v) is 6.60. The molecule has 0 aromatic heterocycles. The molecule has 4 rings (SSSR count). The quantitative estimate of drug-likeness (QED) is 0.498. The highest BCUT2D eigenvalue weighted by Gasteiger charge is 2.33. The second-order valence-corrected chi connectivity index (χ2v) is 12.4. The number of anilines is 2. The van der Waals surface area contributed by atoms with Gasteiger partial charge in [-0.15, -0.1) is 0 Å². The number of piperidine rings is 1. The summed E-state index contributed by atoms with van der Waals surface area (Å²) in [5.74, 6) is 0.650. The average molecular weight is 484 g/mol. The molecule has 5 nitrogen and oxygen atoms in total. The predicted molar refractivity (Wildman–Crippen MR) is 147 cm³/mol. The van der Waals surface area contributed by atoms with Crippen LogP contribution in [0.2, 0.25) is 0 Å². The van der Waals surface area contributed by atoms with Crippen LogP contribution in [0.15, 0.2) is 18.2 Å². The van der Waals surface area contributed by atoms with Crippen LogP contribution in [0.3, 0.4) is 0 Å². The molecule has 2 aliphatic heterocycles. The average Bonchev–Trinajstić information content (AvgIpc) is 2.87. The number of carbonyl (C=O) groups is 1. The van der Waals surface area contributed by atoms with Gasteiger partial charge in [-0.2, -0.15) is 0 Å². The maximum absolute atomic E-state index is 11.4. The summed E-state index contributed by atoms with van der Waals surface area (Å²) in [6, 6.07) is 7.19. The minimum Gasteiger partial charge on any atom is -0.481 e. The summed E-state index contributed by atoms with van der Waals surface area (Å²) < 4.78 is 0. The Balaban J connectivity index is 1.51. The third-order valence-electron chi connectivity index (χ3n) is 9.15. The number of aliphatic carboxylic acids is 1. The Morgan fingerprint density at radius 2 is 1.57 bits per heavy atom. The first-order chi connectivity index (χ1) is 16.8. The number of rotatable bonds is 7. The van der Waals surface area contributed by atoms with Crippen molar-refractivity contribution in [2.45, 2.75) is 85.0 Å². The Bertz CT molecular complexity index is 824. The first-order valence-corrected chi connectivity index (χ1v) is 14.3. The maximum Gasteiger partial charge on any atom is 0.306 e. The lowest BCUT2D eigenvalue weighted by Crippen LogP contribution is -2.47. The van der Waals surface area contributed by atoms with E-state index in [0.717, 1.165) is 44.9 Å². The molecular formula is C30H49N3O2. The number of piperazine rings is 1. The fraction of sp³-hybridized carbons (Fsp3) is 0.767. The van der Waals surface area contributed by atoms with Gasteiger partial charge in [0.1, 0.15) is 0 Å². The molecule has 196 valence electrons. The molecule has 0 unspecified atom stereocenters. The molecule has 0 atom stereocenters. The topological polar surface area (TPSA) is 47.0 Å². The second kappa shape index (κ2) is 11.5. The van der Waals surface area contributed by atoms with E-state index in [1.54, 1.807) is 5.56 Å². The molecule has 1 aromatic rings. The normalized spacial score (nSPS) is 25.1. The van der Waals surface area contributed by atoms with E-state index in [9.17, 15) is 9.90 Å². The number of hydrogen-bond donors (Lipinski definition) is 1. The molecular weight excluding hydrogens is 434 g/mol. The molecule has 2 saturated heterocycles. The molecule has 2 heterocycles. The lowest BCUT2D eigenvalue weighted by Gasteiger charge is -2.41. The van der Waals surface area contributed by atoms with E-state index < -0.39 is 5.97 Å². The number of hydrogen-bond acceptors (Lipinski definition) is 4. The maximum atomic E-state index is 11.4. The molecule has 1 saturated carbocycles. The zero-order chi connectivity index (χ0) is 25.0. The number of unbranched alkanes of at least 4 members (excludes halogenated alkanes) is 1. The lowest BCUT2D eigenvalue weighted by atomic mass is 9.68. The Morgan fingerprint density at radius 3 is 2.14 bits per heavy atom. The largest absolute Gasteiger partial charge is 0.481 e. The highest BCUT2D eigenvalue weighted by atomic mass is 16.4. The number of carboxylic acids is 1. The van der Waals surface area contributed by atoms with Crippen LogP contribution in [0.5, 0.6) is 0 Å². The lowest BCUT2D eigenvalue weighted by molar-refractivity contribution is -0.142. The monoisotopic (exact) mass is 483 g/mol. The highest BCUT2D eigenvalue weighted by molar-refractivity contribution is 5.71. The Hall–Kier alpha value is -1.75. The molecule has 3 fully saturated rings. The van der Waals surface area contributed by atoms with E-state index in [4.69, 9.17) is 0 Å². The predicted octanol–water partition coefficient (Wildman–Crippen LogP) is 6.23. The molecule has 35 heavy (non-hydrogen) atoms. The van der Waals surface area contributed by atoms with Crippen LogP contribution in [0.1, 0.15) is 90.5 Å². The second-order valence-electron chi connectivity index (χ2n) is 12.4. The van der Waals surface area contributed by atoms with Gasteiger partial charge in [0.15, 0.2) is 0 Å². The molecule has 1 N–H and O–H groups in total. The van der Waals surface area contributed by atoms with Gasteiger partial charge in [0.05, 0.1) is 5.92 Å². The van der Waals surface area contributed by atoms with E-state index in [-0.39, 0.29) is 5.92 Å². The molecule has 1 aliphatic carbocycles. The zero-order valence-corrected chi connectivity index (χ0v) is 22.8. The molecule has 5 heteroatoms. The van der Waals surface area contributed by atoms with Gasteiger partial charge >= 0.3 is 5.97 Å². The van der Waals surface area contributed by atoms with Gasteiger partial charge in [-0.05, 0) is 92.5 Å². The first kappa shape index (κ1) is 26.3. The van der Waals surface area contributed by atoms with Gasteiger partial charge in [-0.1, -0.05) is 34.1 Å². The fourth-order valence-electron chi connectivity index (χ4n) is 6.60. The van der Waals surface area contributed by atoms with Gasteiger partial charge in [0.2, 0.25) is 0 Å². The van der Waals surface area contributed by atoms with E-state index in [0.29, 0.717) is 11.3 Å². The Morgan fingerprint density at radius 1 is 0.914 bits per heavy atom. The van der Waals surface area contributed by atoms with Crippen molar-refractivity contribution in [2.24, 2.45) is 17.3 Å². The zero-order valence-electron chi connectivity index (χ0n) is 22.8. The van der Waals surface area contributed by atoms with Crippen molar-refractivity contribution < 1.29 is 9.90 Å². The summed E-state index contributed by atoms with van der Waals surface area (Å²) in [6.45, 7) is 17.0. The molecule has 1 aromatic carbocycles. The van der Waals surface area contributed by atoms with Gasteiger partial charge in [0.25, 0.3) is 0 Å². The van der Waals surface area contributed by atoms with Crippen LogP contribution >= 0.6 is 0 Å². The minimum atomic E-state index is -0.630. The standard InChI is InChI=1S/C30H49N3O2/c1-5-6-15-31-18-20-33(21-19-31)28-12-11-26(32-16-13-24(14-17-32)29(34)35)22-27(28)23-7-9-25(10-8-23)30(2,3)4/h11-12,22-25H,5-10,13-21H2,1-4H3,(H,34,35). The van der Waals surface area contributed by atoms with Crippen molar-refractivity contribution in [1.82, 2.24) is 4.90 Å². The highest BCUT2D eigenvalue weighted by Crippen LogP contribution is 2.46. The van der Waals surface area contributed by atoms with E-state index in [1.807, 2.05) is 0 Å². The van der Waals surface area contributed by atoms with E-state index in [1.165, 1.54) is 69.5 Å². The number of benzene rings is 1. The van der Waals surface area contributed by atoms with Crippen molar-refractivity contribution in [3.05, 3.63) is 23.8 Å². The number of nitrogens with zero attached hydrogens (tertiary/aromatic N) is 3. The Labute approximate surface area is 213 Å². The SMILES string of the molecule is CCCCN1CCN(c2ccc(N3CCC(C(=O)O)CC3)cc2C2CCC(C(C)(C)C)CC2)CC1. The summed E-state index contributed by atoms with van der Waals surface area (Å²) in [7, 11) is 0. The summed E-state index contributed by atoms with van der Waals surface area (Å²) >= 11 is 0. The summed E-state index contributed by atoms with van der Waals surface area (Å²) in [5, 5.41) is 9.41. The van der Waals surface area contributed by atoms with Gasteiger partial charge in [-0.3, -0.25) is 9.69 Å². The molecule has 0 amide bonds. The smallest absolute Gasteiger partial charge is 0.306 e. The van der Waals surface area contributed by atoms with Crippen molar-refractivity contribution in [1.29, 1.82) is 0 Å². The summed E-state index contributed by atoms with van der Waals surface area (Å²) in [5.41, 5.74) is 4.71. The Kier molecular flexibility index (Phi) is 8.67. The molecule has 0 bridgehead atoms. The first-order valence-electron chi connectivity index (χ1n) is 14.3. The number of carboxylic acid groups (broad SMARTS) is 1. The third kappa shape index (κ3) is 6.53. The molecule has 0 spiro atoms. The van der Waals surface area contributed by atoms with Crippen LogP contribution in [-0.2, 0) is 4.79 Å². The third-order valence-corrected chi connectivity index (χ3v) is 9.15. The van der Waals surface area contributed by atoms with Gasteiger partial charge in [0, 0.05) is 50.6 Å². The van der Waals surface area contributed by atoms with Crippen LogP contribution in [0.25, 0.3) is 0 Å². The van der Waals surface area contributed by atoms with Gasteiger partial charge in [-0.25, -0.2) is 0 Å². The van der Waals surface area contributed by atoms with Crippen molar-refractivity contribution >= 4 is 17.3 Å². The summed E-state index contributed by atoms with van der Waals surface area (Å²) in [4.78, 5) is 19.1. The molecule has 3 aliphatic rings. The van der Waals surface area contributed by atoms with Crippen LogP contribution in [-0.4, -0.2) is 61.8 Å². The van der Waals surface area contributed by atoms with Gasteiger partial charge < -0.3 is 14.9 Å². The summed E-state index contributed by atoms with van der Waals surface area (Å²) in [6.07, 6.45) is 9.30. The van der Waals surface area contributed by atoms with Crippen LogP contribution in [0.4, 0.5) is 11.4 Å². The minimum absolute atomic E-state index is 0.179. The van der Waals surface area contributed by atoms with Crippen molar-refractivity contribution in [2.75, 3.05) is 55.6 Å². The van der Waals surface area contributed by atoms with Crippen molar-refractivity contribution in [3.63, 3.8) is 0 Å². The van der Waals surface area contributed by atoms with Crippen LogP contribution < -0.4 is 9.80 Å². The van der Waals surface area contributed by atoms with Crippen molar-refractivity contribution in [3.8, 4) is 0 Å². The van der Waals surface area contributed by atoms with Crippen LogP contribution in [0, 0.1) is 17.3 Å². The van der Waals surface area contributed by atoms with E-state index >= 15 is 0 Å². The molecule has 0 radical (unpaired) electrons.